The van der Waals surface area contributed by atoms with Crippen molar-refractivity contribution in [2.24, 2.45) is 5.73 Å². The van der Waals surface area contributed by atoms with Gasteiger partial charge >= 0.3 is 0 Å². The molecule has 20 heavy (non-hydrogen) atoms. The van der Waals surface area contributed by atoms with Crippen molar-refractivity contribution in [1.29, 1.82) is 0 Å². The van der Waals surface area contributed by atoms with E-state index >= 15 is 0 Å². The number of sulfonamides is 1. The van der Waals surface area contributed by atoms with Crippen LogP contribution in [0.25, 0.3) is 0 Å². The van der Waals surface area contributed by atoms with Crippen LogP contribution in [0.1, 0.15) is 26.0 Å². The van der Waals surface area contributed by atoms with Crippen molar-refractivity contribution >= 4 is 10.0 Å². The van der Waals surface area contributed by atoms with Crippen molar-refractivity contribution in [3.05, 3.63) is 24.0 Å². The van der Waals surface area contributed by atoms with Crippen LogP contribution in [0, 0.1) is 0 Å². The summed E-state index contributed by atoms with van der Waals surface area (Å²) in [6, 6.07) is 3.13. The number of hydrogen-bond donors (Lipinski definition) is 2. The smallest absolute Gasteiger partial charge is 0.242 e. The van der Waals surface area contributed by atoms with Gasteiger partial charge in [-0.3, -0.25) is 4.98 Å². The second-order valence-corrected chi connectivity index (χ2v) is 6.17. The van der Waals surface area contributed by atoms with Crippen molar-refractivity contribution < 1.29 is 8.42 Å². The lowest BCUT2D eigenvalue weighted by molar-refractivity contribution is 0.300. The topological polar surface area (TPSA) is 88.3 Å². The molecule has 0 spiro atoms. The first-order chi connectivity index (χ1) is 9.55. The van der Waals surface area contributed by atoms with Crippen molar-refractivity contribution in [2.75, 3.05) is 26.2 Å². The first-order valence-electron chi connectivity index (χ1n) is 6.91. The quantitative estimate of drug-likeness (QED) is 0.650. The SMILES string of the molecule is CCN(CC)CCCNS(=O)(=O)c1cccnc1CN. The zero-order valence-electron chi connectivity index (χ0n) is 12.2. The predicted molar refractivity (Wildman–Crippen MR) is 79.7 cm³/mol. The van der Waals surface area contributed by atoms with Crippen LogP contribution >= 0.6 is 0 Å². The predicted octanol–water partition coefficient (Wildman–Crippen LogP) is 0.551. The van der Waals surface area contributed by atoms with Crippen molar-refractivity contribution in [3.63, 3.8) is 0 Å². The number of nitrogens with zero attached hydrogens (tertiary/aromatic N) is 2. The first-order valence-corrected chi connectivity index (χ1v) is 8.39. The van der Waals surface area contributed by atoms with E-state index in [2.05, 4.69) is 28.5 Å². The fraction of sp³-hybridized carbons (Fsp3) is 0.615. The Morgan fingerprint density at radius 3 is 2.65 bits per heavy atom. The van der Waals surface area contributed by atoms with Gasteiger partial charge in [-0.05, 0) is 38.2 Å². The van der Waals surface area contributed by atoms with Gasteiger partial charge in [0.1, 0.15) is 4.90 Å². The molecule has 1 aromatic heterocycles. The second kappa shape index (κ2) is 8.31. The first kappa shape index (κ1) is 17.0. The Balaban J connectivity index is 2.58. The van der Waals surface area contributed by atoms with E-state index in [0.29, 0.717) is 12.2 Å². The monoisotopic (exact) mass is 300 g/mol. The summed E-state index contributed by atoms with van der Waals surface area (Å²) in [4.78, 5) is 6.42. The fourth-order valence-electron chi connectivity index (χ4n) is 1.95. The third-order valence-corrected chi connectivity index (χ3v) is 4.70. The van der Waals surface area contributed by atoms with Crippen molar-refractivity contribution in [1.82, 2.24) is 14.6 Å². The summed E-state index contributed by atoms with van der Waals surface area (Å²) in [5.41, 5.74) is 5.91. The highest BCUT2D eigenvalue weighted by Crippen LogP contribution is 2.11. The van der Waals surface area contributed by atoms with Gasteiger partial charge in [0, 0.05) is 19.3 Å². The Morgan fingerprint density at radius 1 is 1.35 bits per heavy atom. The van der Waals surface area contributed by atoms with Gasteiger partial charge in [0.15, 0.2) is 0 Å². The molecule has 0 fully saturated rings. The summed E-state index contributed by atoms with van der Waals surface area (Å²) in [5, 5.41) is 0. The maximum atomic E-state index is 12.2. The van der Waals surface area contributed by atoms with E-state index in [1.165, 1.54) is 6.07 Å². The Kier molecular flexibility index (Phi) is 7.08. The lowest BCUT2D eigenvalue weighted by Gasteiger charge is -2.17. The van der Waals surface area contributed by atoms with Crippen LogP contribution in [-0.4, -0.2) is 44.5 Å². The van der Waals surface area contributed by atoms with E-state index in [1.807, 2.05) is 0 Å². The Hall–Kier alpha value is -1.02. The van der Waals surface area contributed by atoms with Crippen LogP contribution in [0.5, 0.6) is 0 Å². The molecule has 1 rings (SSSR count). The third kappa shape index (κ3) is 4.82. The average molecular weight is 300 g/mol. The minimum atomic E-state index is -3.53. The minimum Gasteiger partial charge on any atom is -0.325 e. The Bertz CT molecular complexity index is 501. The zero-order chi connectivity index (χ0) is 15.0. The molecule has 7 heteroatoms. The number of rotatable bonds is 9. The van der Waals surface area contributed by atoms with Crippen LogP contribution in [0.3, 0.4) is 0 Å². The normalized spacial score (nSPS) is 12.0. The molecular formula is C13H24N4O2S. The summed E-state index contributed by atoms with van der Waals surface area (Å²) in [6.07, 6.45) is 2.32. The van der Waals surface area contributed by atoms with E-state index in [1.54, 1.807) is 12.3 Å². The molecule has 114 valence electrons. The van der Waals surface area contributed by atoms with Crippen LogP contribution in [-0.2, 0) is 16.6 Å². The number of aromatic nitrogens is 1. The molecule has 3 N–H and O–H groups in total. The number of pyridine rings is 1. The van der Waals surface area contributed by atoms with Crippen molar-refractivity contribution in [2.45, 2.75) is 31.7 Å². The number of hydrogen-bond acceptors (Lipinski definition) is 5. The van der Waals surface area contributed by atoms with Gasteiger partial charge in [-0.2, -0.15) is 0 Å². The lowest BCUT2D eigenvalue weighted by Crippen LogP contribution is -2.30. The van der Waals surface area contributed by atoms with Crippen LogP contribution < -0.4 is 10.5 Å². The molecule has 0 aliphatic carbocycles. The van der Waals surface area contributed by atoms with Gasteiger partial charge < -0.3 is 10.6 Å². The highest BCUT2D eigenvalue weighted by molar-refractivity contribution is 7.89. The van der Waals surface area contributed by atoms with Gasteiger partial charge in [0.25, 0.3) is 0 Å². The molecule has 0 unspecified atom stereocenters. The molecule has 0 saturated carbocycles. The molecule has 0 amide bonds. The number of nitrogens with one attached hydrogen (secondary N) is 1. The third-order valence-electron chi connectivity index (χ3n) is 3.17. The molecular weight excluding hydrogens is 276 g/mol. The molecule has 0 radical (unpaired) electrons. The molecule has 1 heterocycles. The Morgan fingerprint density at radius 2 is 2.05 bits per heavy atom. The summed E-state index contributed by atoms with van der Waals surface area (Å²) < 4.78 is 27.0. The molecule has 0 aromatic carbocycles. The van der Waals surface area contributed by atoms with Gasteiger partial charge in [0.2, 0.25) is 10.0 Å². The molecule has 6 nitrogen and oxygen atoms in total. The summed E-state index contributed by atoms with van der Waals surface area (Å²) in [6.45, 7) is 7.54. The van der Waals surface area contributed by atoms with E-state index in [0.717, 1.165) is 26.1 Å². The summed E-state index contributed by atoms with van der Waals surface area (Å²) in [5.74, 6) is 0. The van der Waals surface area contributed by atoms with E-state index in [4.69, 9.17) is 5.73 Å². The highest BCUT2D eigenvalue weighted by atomic mass is 32.2. The van der Waals surface area contributed by atoms with Gasteiger partial charge in [-0.1, -0.05) is 13.8 Å². The molecule has 0 aliphatic rings. The number of nitrogens with two attached hydrogens (primary N) is 1. The van der Waals surface area contributed by atoms with E-state index < -0.39 is 10.0 Å². The van der Waals surface area contributed by atoms with Crippen LogP contribution in [0.4, 0.5) is 0 Å². The lowest BCUT2D eigenvalue weighted by atomic mass is 10.3. The molecule has 1 aromatic rings. The summed E-state index contributed by atoms with van der Waals surface area (Å²) in [7, 11) is -3.53. The largest absolute Gasteiger partial charge is 0.325 e. The maximum Gasteiger partial charge on any atom is 0.242 e. The van der Waals surface area contributed by atoms with E-state index in [9.17, 15) is 8.42 Å². The standard InChI is InChI=1S/C13H24N4O2S/c1-3-17(4-2)10-6-9-16-20(18,19)13-7-5-8-15-12(13)11-14/h5,7-8,16H,3-4,6,9-11,14H2,1-2H3. The molecule has 0 saturated heterocycles. The van der Waals surface area contributed by atoms with Gasteiger partial charge in [0.05, 0.1) is 5.69 Å². The second-order valence-electron chi connectivity index (χ2n) is 4.43. The molecule has 0 atom stereocenters. The fourth-order valence-corrected chi connectivity index (χ4v) is 3.22. The van der Waals surface area contributed by atoms with Gasteiger partial charge in [-0.25, -0.2) is 13.1 Å². The maximum absolute atomic E-state index is 12.2. The molecule has 0 bridgehead atoms. The average Bonchev–Trinajstić information content (AvgIpc) is 2.47. The van der Waals surface area contributed by atoms with Gasteiger partial charge in [-0.15, -0.1) is 0 Å². The van der Waals surface area contributed by atoms with Crippen LogP contribution in [0.15, 0.2) is 23.2 Å². The van der Waals surface area contributed by atoms with Crippen LogP contribution in [0.2, 0.25) is 0 Å². The minimum absolute atomic E-state index is 0.108. The zero-order valence-corrected chi connectivity index (χ0v) is 13.0. The highest BCUT2D eigenvalue weighted by Gasteiger charge is 2.17. The van der Waals surface area contributed by atoms with E-state index in [-0.39, 0.29) is 11.4 Å². The Labute approximate surface area is 121 Å². The van der Waals surface area contributed by atoms with Crippen molar-refractivity contribution in [3.8, 4) is 0 Å². The summed E-state index contributed by atoms with van der Waals surface area (Å²) >= 11 is 0. The molecule has 0 aliphatic heterocycles.